The Morgan fingerprint density at radius 3 is 2.61 bits per heavy atom. The molecule has 0 aliphatic carbocycles. The van der Waals surface area contributed by atoms with Gasteiger partial charge in [0.15, 0.2) is 0 Å². The number of aromatic nitrogens is 1. The van der Waals surface area contributed by atoms with Crippen LogP contribution < -0.4 is 10.2 Å². The summed E-state index contributed by atoms with van der Waals surface area (Å²) in [6, 6.07) is 11.0. The number of aromatic amines is 1. The number of nitrogens with one attached hydrogen (secondary N) is 2. The van der Waals surface area contributed by atoms with E-state index < -0.39 is 17.9 Å². The number of hydrogen-bond donors (Lipinski definition) is 2. The van der Waals surface area contributed by atoms with Crippen molar-refractivity contribution in [2.45, 2.75) is 0 Å². The van der Waals surface area contributed by atoms with Crippen molar-refractivity contribution in [2.24, 2.45) is 0 Å². The summed E-state index contributed by atoms with van der Waals surface area (Å²) >= 11 is 12.5. The highest BCUT2D eigenvalue weighted by molar-refractivity contribution is 6.39. The zero-order chi connectivity index (χ0) is 22.1. The van der Waals surface area contributed by atoms with Crippen molar-refractivity contribution in [1.82, 2.24) is 10.3 Å². The summed E-state index contributed by atoms with van der Waals surface area (Å²) in [5.41, 5.74) is 1.24. The zero-order valence-electron chi connectivity index (χ0n) is 15.9. The van der Waals surface area contributed by atoms with Crippen LogP contribution in [0.2, 0.25) is 10.0 Å². The van der Waals surface area contributed by atoms with Crippen molar-refractivity contribution in [2.75, 3.05) is 11.5 Å². The van der Waals surface area contributed by atoms with Gasteiger partial charge in [-0.25, -0.2) is 14.5 Å². The van der Waals surface area contributed by atoms with Gasteiger partial charge in [-0.15, -0.1) is 0 Å². The highest BCUT2D eigenvalue weighted by Crippen LogP contribution is 2.35. The number of carbonyl (C=O) groups excluding carboxylic acids is 3. The first-order valence-corrected chi connectivity index (χ1v) is 9.87. The van der Waals surface area contributed by atoms with Crippen LogP contribution in [-0.2, 0) is 9.53 Å². The molecule has 4 rings (SSSR count). The van der Waals surface area contributed by atoms with Gasteiger partial charge in [0, 0.05) is 21.5 Å². The fraction of sp³-hybridized carbons (Fsp3) is 0.0455. The van der Waals surface area contributed by atoms with Gasteiger partial charge in [-0.2, -0.15) is 0 Å². The van der Waals surface area contributed by atoms with Crippen LogP contribution in [0.1, 0.15) is 16.1 Å². The molecule has 1 saturated heterocycles. The Kier molecular flexibility index (Phi) is 5.54. The number of benzene rings is 2. The first-order chi connectivity index (χ1) is 14.9. The number of para-hydroxylation sites is 1. The first-order valence-electron chi connectivity index (χ1n) is 9.11. The molecule has 1 aliphatic heterocycles. The van der Waals surface area contributed by atoms with Crippen LogP contribution in [0.5, 0.6) is 0 Å². The van der Waals surface area contributed by atoms with Crippen molar-refractivity contribution in [3.8, 4) is 0 Å². The summed E-state index contributed by atoms with van der Waals surface area (Å²) in [4.78, 5) is 42.0. The third-order valence-corrected chi connectivity index (χ3v) is 5.09. The van der Waals surface area contributed by atoms with E-state index in [9.17, 15) is 14.4 Å². The molecule has 9 heteroatoms. The lowest BCUT2D eigenvalue weighted by atomic mass is 10.1. The summed E-state index contributed by atoms with van der Waals surface area (Å²) in [6.07, 6.45) is 2.83. The number of anilines is 1. The predicted octanol–water partition coefficient (Wildman–Crippen LogP) is 4.91. The van der Waals surface area contributed by atoms with Gasteiger partial charge in [0.05, 0.1) is 10.7 Å². The minimum Gasteiger partial charge on any atom is -0.457 e. The molecule has 2 heterocycles. The van der Waals surface area contributed by atoms with E-state index in [-0.39, 0.29) is 23.0 Å². The molecule has 156 valence electrons. The van der Waals surface area contributed by atoms with Gasteiger partial charge in [-0.05, 0) is 30.3 Å². The second-order valence-corrected chi connectivity index (χ2v) is 7.42. The molecular formula is C22H15Cl2N3O4. The summed E-state index contributed by atoms with van der Waals surface area (Å²) in [6.45, 7) is 3.52. The third-order valence-electron chi connectivity index (χ3n) is 4.57. The molecule has 31 heavy (non-hydrogen) atoms. The number of esters is 1. The van der Waals surface area contributed by atoms with Gasteiger partial charge >= 0.3 is 12.0 Å². The molecule has 7 nitrogen and oxygen atoms in total. The standard InChI is InChI=1S/C22H15Cl2N3O4/c1-2-8-31-21(29)19-14(18-15(24)9-12(23)10-16(18)25-19)11-17-20(28)27(22(30)26-17)13-6-4-3-5-7-13/h2-7,9-11,25H,1,8H2,(H,26,30)/b17-11+. The molecule has 2 aromatic carbocycles. The van der Waals surface area contributed by atoms with Crippen LogP contribution in [-0.4, -0.2) is 29.5 Å². The molecule has 1 aliphatic rings. The Hall–Kier alpha value is -3.55. The maximum absolute atomic E-state index is 13.0. The highest BCUT2D eigenvalue weighted by Gasteiger charge is 2.35. The molecule has 0 spiro atoms. The van der Waals surface area contributed by atoms with Crippen LogP contribution in [0.4, 0.5) is 10.5 Å². The predicted molar refractivity (Wildman–Crippen MR) is 119 cm³/mol. The van der Waals surface area contributed by atoms with Crippen LogP contribution in [0.15, 0.2) is 60.8 Å². The van der Waals surface area contributed by atoms with Gasteiger partial charge in [-0.3, -0.25) is 4.79 Å². The summed E-state index contributed by atoms with van der Waals surface area (Å²) < 4.78 is 5.14. The average molecular weight is 456 g/mol. The number of amides is 3. The van der Waals surface area contributed by atoms with E-state index >= 15 is 0 Å². The molecule has 1 aromatic heterocycles. The molecule has 3 aromatic rings. The summed E-state index contributed by atoms with van der Waals surface area (Å²) in [5, 5.41) is 3.64. The molecule has 0 bridgehead atoms. The third kappa shape index (κ3) is 3.81. The van der Waals surface area contributed by atoms with Gasteiger partial charge in [-0.1, -0.05) is 54.1 Å². The average Bonchev–Trinajstić information content (AvgIpc) is 3.24. The number of carbonyl (C=O) groups is 3. The summed E-state index contributed by atoms with van der Waals surface area (Å²) in [5.74, 6) is -1.24. The van der Waals surface area contributed by atoms with E-state index in [2.05, 4.69) is 16.9 Å². The van der Waals surface area contributed by atoms with Gasteiger partial charge in [0.25, 0.3) is 5.91 Å². The number of rotatable bonds is 5. The minimum atomic E-state index is -0.674. The SMILES string of the molecule is C=CCOC(=O)c1[nH]c2cc(Cl)cc(Cl)c2c1/C=C1/NC(=O)N(c2ccccc2)C1=O. The van der Waals surface area contributed by atoms with Crippen LogP contribution in [0.3, 0.4) is 0 Å². The second-order valence-electron chi connectivity index (χ2n) is 6.58. The van der Waals surface area contributed by atoms with Crippen LogP contribution in [0, 0.1) is 0 Å². The lowest BCUT2D eigenvalue weighted by molar-refractivity contribution is -0.113. The number of urea groups is 1. The molecule has 1 fully saturated rings. The summed E-state index contributed by atoms with van der Waals surface area (Å²) in [7, 11) is 0. The molecular weight excluding hydrogens is 441 g/mol. The first kappa shape index (κ1) is 20.7. The van der Waals surface area contributed by atoms with Crippen molar-refractivity contribution < 1.29 is 19.1 Å². The fourth-order valence-corrected chi connectivity index (χ4v) is 3.87. The number of H-pyrrole nitrogens is 1. The molecule has 2 N–H and O–H groups in total. The van der Waals surface area contributed by atoms with E-state index in [0.717, 1.165) is 4.90 Å². The van der Waals surface area contributed by atoms with E-state index in [1.165, 1.54) is 18.2 Å². The Balaban J connectivity index is 1.84. The monoisotopic (exact) mass is 455 g/mol. The van der Waals surface area contributed by atoms with E-state index in [1.807, 2.05) is 0 Å². The Labute approximate surface area is 186 Å². The number of imide groups is 1. The van der Waals surface area contributed by atoms with Crippen LogP contribution in [0.25, 0.3) is 17.0 Å². The fourth-order valence-electron chi connectivity index (χ4n) is 3.28. The number of hydrogen-bond acceptors (Lipinski definition) is 4. The second kappa shape index (κ2) is 8.29. The largest absolute Gasteiger partial charge is 0.457 e. The van der Waals surface area contributed by atoms with Gasteiger partial charge < -0.3 is 15.0 Å². The number of fused-ring (bicyclic) bond motifs is 1. The Morgan fingerprint density at radius 2 is 1.90 bits per heavy atom. The number of ether oxygens (including phenoxy) is 1. The number of halogens is 2. The number of nitrogens with zero attached hydrogens (tertiary/aromatic N) is 1. The van der Waals surface area contributed by atoms with Gasteiger partial charge in [0.1, 0.15) is 18.0 Å². The van der Waals surface area contributed by atoms with Crippen molar-refractivity contribution in [1.29, 1.82) is 0 Å². The quantitative estimate of drug-likeness (QED) is 0.247. The van der Waals surface area contributed by atoms with E-state index in [0.29, 0.717) is 27.2 Å². The van der Waals surface area contributed by atoms with Crippen LogP contribution >= 0.6 is 23.2 Å². The maximum Gasteiger partial charge on any atom is 0.355 e. The van der Waals surface area contributed by atoms with Crippen molar-refractivity contribution >= 4 is 63.8 Å². The normalized spacial score (nSPS) is 14.9. The van der Waals surface area contributed by atoms with E-state index in [1.54, 1.807) is 36.4 Å². The lowest BCUT2D eigenvalue weighted by Gasteiger charge is -2.10. The van der Waals surface area contributed by atoms with E-state index in [4.69, 9.17) is 27.9 Å². The van der Waals surface area contributed by atoms with Crippen molar-refractivity contribution in [3.05, 3.63) is 82.1 Å². The molecule has 0 unspecified atom stereocenters. The molecule has 0 saturated carbocycles. The van der Waals surface area contributed by atoms with Crippen molar-refractivity contribution in [3.63, 3.8) is 0 Å². The smallest absolute Gasteiger partial charge is 0.355 e. The zero-order valence-corrected chi connectivity index (χ0v) is 17.5. The lowest BCUT2D eigenvalue weighted by Crippen LogP contribution is -2.30. The molecule has 0 atom stereocenters. The Bertz CT molecular complexity index is 1260. The maximum atomic E-state index is 13.0. The molecule has 0 radical (unpaired) electrons. The molecule has 3 amide bonds. The minimum absolute atomic E-state index is 0.00382. The Morgan fingerprint density at radius 1 is 1.16 bits per heavy atom. The van der Waals surface area contributed by atoms with Gasteiger partial charge in [0.2, 0.25) is 0 Å². The topological polar surface area (TPSA) is 91.5 Å². The highest BCUT2D eigenvalue weighted by atomic mass is 35.5.